The Morgan fingerprint density at radius 2 is 1.57 bits per heavy atom. The van der Waals surface area contributed by atoms with Gasteiger partial charge in [-0.3, -0.25) is 4.98 Å². The third-order valence-corrected chi connectivity index (χ3v) is 5.25. The molecule has 0 aliphatic heterocycles. The number of nitrogens with one attached hydrogen (secondary N) is 1. The van der Waals surface area contributed by atoms with Crippen LogP contribution in [0.25, 0.3) is 21.9 Å². The van der Waals surface area contributed by atoms with Gasteiger partial charge in [-0.25, -0.2) is 0 Å². The average Bonchev–Trinajstić information content (AvgIpc) is 2.86. The maximum absolute atomic E-state index is 5.11. The van der Waals surface area contributed by atoms with Crippen LogP contribution < -0.4 is 0 Å². The van der Waals surface area contributed by atoms with Crippen LogP contribution in [0.3, 0.4) is 0 Å². The van der Waals surface area contributed by atoms with Crippen LogP contribution in [0.4, 0.5) is 0 Å². The van der Waals surface area contributed by atoms with E-state index in [1.807, 2.05) is 0 Å². The Morgan fingerprint density at radius 3 is 2.39 bits per heavy atom. The fourth-order valence-corrected chi connectivity index (χ4v) is 3.93. The second-order valence-electron chi connectivity index (χ2n) is 7.14. The van der Waals surface area contributed by atoms with Crippen molar-refractivity contribution in [2.24, 2.45) is 0 Å². The Bertz CT molecular complexity index is 829. The predicted octanol–water partition coefficient (Wildman–Crippen LogP) is 5.85. The van der Waals surface area contributed by atoms with E-state index in [-0.39, 0.29) is 0 Å². The molecule has 0 saturated carbocycles. The van der Waals surface area contributed by atoms with Crippen molar-refractivity contribution in [2.45, 2.75) is 64.7 Å². The van der Waals surface area contributed by atoms with Crippen LogP contribution >= 0.6 is 0 Å². The van der Waals surface area contributed by atoms with Gasteiger partial charge in [0.2, 0.25) is 0 Å². The third-order valence-electron chi connectivity index (χ3n) is 5.25. The third kappa shape index (κ3) is 2.99. The van der Waals surface area contributed by atoms with Gasteiger partial charge in [0, 0.05) is 16.6 Å². The molecule has 0 spiro atoms. The molecule has 0 unspecified atom stereocenters. The van der Waals surface area contributed by atoms with Gasteiger partial charge in [-0.05, 0) is 55.9 Å². The van der Waals surface area contributed by atoms with E-state index in [2.05, 4.69) is 36.2 Å². The Hall–Kier alpha value is -1.83. The highest BCUT2D eigenvalue weighted by atomic mass is 14.8. The van der Waals surface area contributed by atoms with Gasteiger partial charge < -0.3 is 4.98 Å². The highest BCUT2D eigenvalue weighted by Crippen LogP contribution is 2.28. The maximum Gasteiger partial charge on any atom is 0.0961 e. The number of rotatable bonds is 0. The lowest BCUT2D eigenvalue weighted by atomic mass is 10.0. The summed E-state index contributed by atoms with van der Waals surface area (Å²) < 4.78 is 0. The quantitative estimate of drug-likeness (QED) is 0.554. The van der Waals surface area contributed by atoms with E-state index in [9.17, 15) is 0 Å². The second kappa shape index (κ2) is 6.35. The molecule has 1 aromatic carbocycles. The van der Waals surface area contributed by atoms with E-state index < -0.39 is 0 Å². The molecule has 23 heavy (non-hydrogen) atoms. The number of fused-ring (bicyclic) bond motifs is 4. The van der Waals surface area contributed by atoms with E-state index in [0.29, 0.717) is 0 Å². The Labute approximate surface area is 138 Å². The largest absolute Gasteiger partial charge is 0.353 e. The van der Waals surface area contributed by atoms with Gasteiger partial charge in [0.25, 0.3) is 0 Å². The minimum absolute atomic E-state index is 1.14. The van der Waals surface area contributed by atoms with Gasteiger partial charge in [0.1, 0.15) is 0 Å². The molecule has 2 heterocycles. The number of aromatic nitrogens is 2. The molecule has 0 radical (unpaired) electrons. The molecular weight excluding hydrogens is 280 g/mol. The first kappa shape index (κ1) is 14.7. The van der Waals surface area contributed by atoms with Gasteiger partial charge in [-0.1, -0.05) is 44.2 Å². The van der Waals surface area contributed by atoms with Crippen molar-refractivity contribution >= 4 is 21.9 Å². The maximum atomic E-state index is 5.11. The van der Waals surface area contributed by atoms with E-state index in [4.69, 9.17) is 4.98 Å². The van der Waals surface area contributed by atoms with Crippen LogP contribution in [0.15, 0.2) is 24.3 Å². The molecule has 120 valence electrons. The summed E-state index contributed by atoms with van der Waals surface area (Å²) in [6.45, 7) is 2.15. The molecule has 1 aliphatic rings. The minimum Gasteiger partial charge on any atom is -0.353 e. The molecular formula is C21H26N2. The zero-order chi connectivity index (χ0) is 15.6. The normalized spacial score (nSPS) is 17.1. The summed E-state index contributed by atoms with van der Waals surface area (Å²) in [4.78, 5) is 8.69. The lowest BCUT2D eigenvalue weighted by molar-refractivity contribution is 0.587. The van der Waals surface area contributed by atoms with Gasteiger partial charge in [-0.2, -0.15) is 0 Å². The number of nitrogens with zero attached hydrogens (tertiary/aromatic N) is 1. The van der Waals surface area contributed by atoms with E-state index >= 15 is 0 Å². The van der Waals surface area contributed by atoms with Crippen LogP contribution in [0.2, 0.25) is 0 Å². The lowest BCUT2D eigenvalue weighted by Crippen LogP contribution is -1.99. The Morgan fingerprint density at radius 1 is 0.826 bits per heavy atom. The lowest BCUT2D eigenvalue weighted by Gasteiger charge is -2.08. The van der Waals surface area contributed by atoms with E-state index in [0.717, 1.165) is 11.9 Å². The van der Waals surface area contributed by atoms with Gasteiger partial charge in [0.15, 0.2) is 0 Å². The number of aromatic amines is 1. The highest BCUT2D eigenvalue weighted by molar-refractivity contribution is 6.05. The summed E-state index contributed by atoms with van der Waals surface area (Å²) >= 11 is 0. The molecule has 2 nitrogen and oxygen atoms in total. The number of aryl methyl sites for hydroxylation is 3. The Balaban J connectivity index is 1.81. The number of hydrogen-bond acceptors (Lipinski definition) is 1. The standard InChI is InChI=1S/C21H26N2/c1-15-11-12-17-19(13-15)22-20-14-16-9-7-5-3-2-4-6-8-10-18(16)23-21(17)20/h11-14,22H,2-10H2,1H3. The van der Waals surface area contributed by atoms with Crippen LogP contribution in [0, 0.1) is 6.92 Å². The number of hydrogen-bond donors (Lipinski definition) is 1. The van der Waals surface area contributed by atoms with Crippen LogP contribution in [0.1, 0.15) is 61.8 Å². The van der Waals surface area contributed by atoms with E-state index in [1.165, 1.54) is 84.6 Å². The average molecular weight is 306 g/mol. The first-order valence-corrected chi connectivity index (χ1v) is 9.22. The zero-order valence-corrected chi connectivity index (χ0v) is 14.1. The molecule has 1 N–H and O–H groups in total. The second-order valence-corrected chi connectivity index (χ2v) is 7.14. The number of benzene rings is 1. The topological polar surface area (TPSA) is 28.7 Å². The summed E-state index contributed by atoms with van der Waals surface area (Å²) in [6, 6.07) is 9.01. The highest BCUT2D eigenvalue weighted by Gasteiger charge is 2.12. The van der Waals surface area contributed by atoms with E-state index in [1.54, 1.807) is 0 Å². The molecule has 0 atom stereocenters. The molecule has 0 saturated heterocycles. The first-order valence-electron chi connectivity index (χ1n) is 9.22. The zero-order valence-electron chi connectivity index (χ0n) is 14.1. The number of pyridine rings is 1. The summed E-state index contributed by atoms with van der Waals surface area (Å²) in [5.41, 5.74) is 7.71. The van der Waals surface area contributed by atoms with Crippen molar-refractivity contribution in [3.8, 4) is 0 Å². The fourth-order valence-electron chi connectivity index (χ4n) is 3.93. The molecule has 4 rings (SSSR count). The molecule has 2 aromatic heterocycles. The summed E-state index contributed by atoms with van der Waals surface area (Å²) in [6.07, 6.45) is 11.8. The van der Waals surface area contributed by atoms with Crippen molar-refractivity contribution in [1.82, 2.24) is 9.97 Å². The molecule has 0 amide bonds. The predicted molar refractivity (Wildman–Crippen MR) is 98.1 cm³/mol. The van der Waals surface area contributed by atoms with Gasteiger partial charge >= 0.3 is 0 Å². The van der Waals surface area contributed by atoms with Gasteiger partial charge in [-0.15, -0.1) is 0 Å². The van der Waals surface area contributed by atoms with Crippen LogP contribution in [-0.2, 0) is 12.8 Å². The molecule has 0 bridgehead atoms. The van der Waals surface area contributed by atoms with Crippen molar-refractivity contribution in [1.29, 1.82) is 0 Å². The molecule has 0 fully saturated rings. The van der Waals surface area contributed by atoms with Crippen molar-refractivity contribution in [2.75, 3.05) is 0 Å². The molecule has 2 heteroatoms. The van der Waals surface area contributed by atoms with Crippen LogP contribution in [0.5, 0.6) is 0 Å². The van der Waals surface area contributed by atoms with Gasteiger partial charge in [0.05, 0.1) is 11.0 Å². The SMILES string of the molecule is Cc1ccc2c(c1)[nH]c1cc3c(nc12)CCCCCCCCC3. The summed E-state index contributed by atoms with van der Waals surface area (Å²) in [5, 5.41) is 1.27. The summed E-state index contributed by atoms with van der Waals surface area (Å²) in [5.74, 6) is 0. The monoisotopic (exact) mass is 306 g/mol. The van der Waals surface area contributed by atoms with Crippen LogP contribution in [-0.4, -0.2) is 9.97 Å². The number of H-pyrrole nitrogens is 1. The Kier molecular flexibility index (Phi) is 4.07. The summed E-state index contributed by atoms with van der Waals surface area (Å²) in [7, 11) is 0. The van der Waals surface area contributed by atoms with Crippen molar-refractivity contribution in [3.05, 3.63) is 41.1 Å². The van der Waals surface area contributed by atoms with Crippen molar-refractivity contribution in [3.63, 3.8) is 0 Å². The fraction of sp³-hybridized carbons (Fsp3) is 0.476. The minimum atomic E-state index is 1.14. The smallest absolute Gasteiger partial charge is 0.0961 e. The van der Waals surface area contributed by atoms with Crippen molar-refractivity contribution < 1.29 is 0 Å². The molecule has 1 aliphatic carbocycles. The first-order chi connectivity index (χ1) is 11.3. The molecule has 3 aromatic rings.